The Balaban J connectivity index is 1.25. The van der Waals surface area contributed by atoms with E-state index < -0.39 is 0 Å². The molecular formula is C19H27N3O4. The van der Waals surface area contributed by atoms with Gasteiger partial charge in [0.15, 0.2) is 0 Å². The summed E-state index contributed by atoms with van der Waals surface area (Å²) in [6.45, 7) is 4.60. The largest absolute Gasteiger partial charge is 0.489 e. The number of hydrogen-bond acceptors (Lipinski definition) is 6. The monoisotopic (exact) mass is 361 g/mol. The fourth-order valence-electron chi connectivity index (χ4n) is 4.29. The first kappa shape index (κ1) is 17.5. The molecule has 7 nitrogen and oxygen atoms in total. The molecule has 1 aromatic heterocycles. The molecule has 2 unspecified atom stereocenters. The number of amides is 1. The molecule has 0 saturated carbocycles. The number of ether oxygens (including phenoxy) is 3. The van der Waals surface area contributed by atoms with Crippen LogP contribution in [0.3, 0.4) is 0 Å². The second kappa shape index (κ2) is 8.22. The van der Waals surface area contributed by atoms with Crippen LogP contribution < -0.4 is 4.74 Å². The maximum absolute atomic E-state index is 12.6. The van der Waals surface area contributed by atoms with E-state index in [0.29, 0.717) is 6.61 Å². The molecule has 142 valence electrons. The highest BCUT2D eigenvalue weighted by atomic mass is 16.6. The van der Waals surface area contributed by atoms with Crippen LogP contribution in [0.2, 0.25) is 0 Å². The number of fused-ring (bicyclic) bond motifs is 2. The van der Waals surface area contributed by atoms with Crippen molar-refractivity contribution >= 4 is 6.09 Å². The van der Waals surface area contributed by atoms with Crippen LogP contribution in [0.15, 0.2) is 24.5 Å². The molecule has 3 saturated heterocycles. The van der Waals surface area contributed by atoms with Crippen LogP contribution in [-0.2, 0) is 9.47 Å². The van der Waals surface area contributed by atoms with Gasteiger partial charge in [-0.2, -0.15) is 0 Å². The van der Waals surface area contributed by atoms with E-state index in [1.165, 1.54) is 0 Å². The van der Waals surface area contributed by atoms with Gasteiger partial charge >= 0.3 is 6.09 Å². The Labute approximate surface area is 154 Å². The number of aromatic nitrogens is 1. The number of carbonyl (C=O) groups is 1. The summed E-state index contributed by atoms with van der Waals surface area (Å²) in [7, 11) is 0. The molecule has 0 radical (unpaired) electrons. The zero-order chi connectivity index (χ0) is 17.8. The van der Waals surface area contributed by atoms with E-state index in [1.54, 1.807) is 12.4 Å². The van der Waals surface area contributed by atoms with E-state index in [9.17, 15) is 4.79 Å². The Kier molecular flexibility index (Phi) is 5.55. The summed E-state index contributed by atoms with van der Waals surface area (Å²) in [6.07, 6.45) is 7.28. The summed E-state index contributed by atoms with van der Waals surface area (Å²) in [5.74, 6) is 0.804. The number of morpholine rings is 1. The highest BCUT2D eigenvalue weighted by Gasteiger charge is 2.44. The molecule has 0 N–H and O–H groups in total. The van der Waals surface area contributed by atoms with Gasteiger partial charge in [0.1, 0.15) is 18.5 Å². The van der Waals surface area contributed by atoms with Gasteiger partial charge in [0.25, 0.3) is 0 Å². The highest BCUT2D eigenvalue weighted by molar-refractivity contribution is 5.69. The molecule has 1 aromatic rings. The minimum Gasteiger partial charge on any atom is -0.489 e. The number of carbonyl (C=O) groups excluding carboxylic acids is 1. The quantitative estimate of drug-likeness (QED) is 0.798. The van der Waals surface area contributed by atoms with Crippen molar-refractivity contribution in [2.45, 2.75) is 43.9 Å². The lowest BCUT2D eigenvalue weighted by Gasteiger charge is -2.38. The van der Waals surface area contributed by atoms with E-state index >= 15 is 0 Å². The third-order valence-electron chi connectivity index (χ3n) is 5.57. The lowest BCUT2D eigenvalue weighted by atomic mass is 10.0. The Bertz CT molecular complexity index is 580. The third-order valence-corrected chi connectivity index (χ3v) is 5.57. The fourth-order valence-corrected chi connectivity index (χ4v) is 4.29. The molecule has 1 amide bonds. The van der Waals surface area contributed by atoms with Gasteiger partial charge in [-0.3, -0.25) is 9.88 Å². The topological polar surface area (TPSA) is 64.1 Å². The second-order valence-electron chi connectivity index (χ2n) is 7.26. The van der Waals surface area contributed by atoms with E-state index in [1.807, 2.05) is 17.0 Å². The van der Waals surface area contributed by atoms with Crippen LogP contribution in [0, 0.1) is 0 Å². The Morgan fingerprint density at radius 3 is 2.69 bits per heavy atom. The summed E-state index contributed by atoms with van der Waals surface area (Å²) in [5, 5.41) is 0. The Morgan fingerprint density at radius 2 is 2.00 bits per heavy atom. The minimum atomic E-state index is -0.161. The number of nitrogens with zero attached hydrogens (tertiary/aromatic N) is 3. The maximum atomic E-state index is 12.6. The van der Waals surface area contributed by atoms with Crippen molar-refractivity contribution in [2.75, 3.05) is 39.5 Å². The fraction of sp³-hybridized carbons (Fsp3) is 0.684. The van der Waals surface area contributed by atoms with Crippen molar-refractivity contribution in [3.8, 4) is 5.75 Å². The molecule has 0 spiro atoms. The standard InChI is InChI=1S/C19H27N3O4/c23-19(25-11-8-21-6-9-24-10-7-21)22-15-3-4-16(22)13-18(12-15)26-17-2-1-5-20-14-17/h1-2,5,14-16,18H,3-4,6-13H2. The van der Waals surface area contributed by atoms with Crippen molar-refractivity contribution in [3.05, 3.63) is 24.5 Å². The molecule has 7 heteroatoms. The Morgan fingerprint density at radius 1 is 1.23 bits per heavy atom. The van der Waals surface area contributed by atoms with Crippen LogP contribution in [0.4, 0.5) is 4.79 Å². The summed E-state index contributed by atoms with van der Waals surface area (Å²) in [4.78, 5) is 20.9. The van der Waals surface area contributed by atoms with Gasteiger partial charge in [0.05, 0.1) is 19.4 Å². The minimum absolute atomic E-state index is 0.147. The molecule has 26 heavy (non-hydrogen) atoms. The average Bonchev–Trinajstić information content (AvgIpc) is 2.94. The zero-order valence-corrected chi connectivity index (χ0v) is 15.1. The first-order valence-corrected chi connectivity index (χ1v) is 9.61. The highest BCUT2D eigenvalue weighted by Crippen LogP contribution is 2.37. The summed E-state index contributed by atoms with van der Waals surface area (Å²) < 4.78 is 17.0. The van der Waals surface area contributed by atoms with Crippen molar-refractivity contribution in [1.29, 1.82) is 0 Å². The molecule has 0 aromatic carbocycles. The number of pyridine rings is 1. The summed E-state index contributed by atoms with van der Waals surface area (Å²) >= 11 is 0. The van der Waals surface area contributed by atoms with Crippen molar-refractivity contribution in [2.24, 2.45) is 0 Å². The molecule has 3 aliphatic heterocycles. The van der Waals surface area contributed by atoms with Gasteiger partial charge in [0, 0.05) is 50.8 Å². The van der Waals surface area contributed by atoms with E-state index in [0.717, 1.165) is 64.3 Å². The molecule has 3 fully saturated rings. The first-order valence-electron chi connectivity index (χ1n) is 9.61. The maximum Gasteiger partial charge on any atom is 0.410 e. The predicted molar refractivity (Wildman–Crippen MR) is 95.1 cm³/mol. The Hall–Kier alpha value is -1.86. The van der Waals surface area contributed by atoms with Gasteiger partial charge in [-0.15, -0.1) is 0 Å². The first-order chi connectivity index (χ1) is 12.8. The van der Waals surface area contributed by atoms with E-state index in [-0.39, 0.29) is 24.3 Å². The zero-order valence-electron chi connectivity index (χ0n) is 15.1. The van der Waals surface area contributed by atoms with Gasteiger partial charge in [-0.25, -0.2) is 4.79 Å². The summed E-state index contributed by atoms with van der Waals surface area (Å²) in [6, 6.07) is 4.27. The van der Waals surface area contributed by atoms with Gasteiger partial charge in [-0.05, 0) is 25.0 Å². The van der Waals surface area contributed by atoms with Crippen molar-refractivity contribution in [1.82, 2.24) is 14.8 Å². The smallest absolute Gasteiger partial charge is 0.410 e. The van der Waals surface area contributed by atoms with Crippen LogP contribution in [-0.4, -0.2) is 78.5 Å². The number of rotatable bonds is 5. The van der Waals surface area contributed by atoms with E-state index in [2.05, 4.69) is 9.88 Å². The average molecular weight is 361 g/mol. The molecule has 0 aliphatic carbocycles. The third kappa shape index (κ3) is 4.10. The molecule has 4 heterocycles. The molecule has 3 aliphatic rings. The van der Waals surface area contributed by atoms with Crippen LogP contribution in [0.5, 0.6) is 5.75 Å². The lowest BCUT2D eigenvalue weighted by Crippen LogP contribution is -2.50. The van der Waals surface area contributed by atoms with Crippen LogP contribution in [0.1, 0.15) is 25.7 Å². The van der Waals surface area contributed by atoms with Crippen LogP contribution >= 0.6 is 0 Å². The number of hydrogen-bond donors (Lipinski definition) is 0. The molecule has 2 bridgehead atoms. The molecule has 4 rings (SSSR count). The summed E-state index contributed by atoms with van der Waals surface area (Å²) in [5.41, 5.74) is 0. The second-order valence-corrected chi connectivity index (χ2v) is 7.26. The van der Waals surface area contributed by atoms with Crippen LogP contribution in [0.25, 0.3) is 0 Å². The predicted octanol–water partition coefficient (Wildman–Crippen LogP) is 1.92. The lowest BCUT2D eigenvalue weighted by molar-refractivity contribution is 0.0130. The SMILES string of the molecule is O=C(OCCN1CCOCC1)N1C2CCC1CC(Oc1cccnc1)C2. The van der Waals surface area contributed by atoms with Crippen molar-refractivity contribution in [3.63, 3.8) is 0 Å². The van der Waals surface area contributed by atoms with Gasteiger partial charge < -0.3 is 19.1 Å². The molecule has 2 atom stereocenters. The normalized spacial score (nSPS) is 28.8. The van der Waals surface area contributed by atoms with E-state index in [4.69, 9.17) is 14.2 Å². The molecular weight excluding hydrogens is 334 g/mol. The number of piperidine rings is 1. The van der Waals surface area contributed by atoms with Crippen molar-refractivity contribution < 1.29 is 19.0 Å². The van der Waals surface area contributed by atoms with Gasteiger partial charge in [-0.1, -0.05) is 0 Å². The van der Waals surface area contributed by atoms with Gasteiger partial charge in [0.2, 0.25) is 0 Å².